The van der Waals surface area contributed by atoms with E-state index in [2.05, 4.69) is 4.98 Å². The Morgan fingerprint density at radius 1 is 1.00 bits per heavy atom. The first-order valence-electron chi connectivity index (χ1n) is 11.7. The van der Waals surface area contributed by atoms with Crippen molar-refractivity contribution in [2.45, 2.75) is 26.4 Å². The molecule has 1 aliphatic rings. The van der Waals surface area contributed by atoms with Crippen molar-refractivity contribution in [3.8, 4) is 17.2 Å². The number of aromatic nitrogens is 1. The van der Waals surface area contributed by atoms with Crippen molar-refractivity contribution in [2.24, 2.45) is 0 Å². The second kappa shape index (κ2) is 10.9. The van der Waals surface area contributed by atoms with Crippen molar-refractivity contribution < 1.29 is 28.9 Å². The molecule has 0 bridgehead atoms. The molecule has 1 fully saturated rings. The molecule has 8 heteroatoms. The van der Waals surface area contributed by atoms with Crippen molar-refractivity contribution in [2.75, 3.05) is 20.3 Å². The SMILES string of the molecule is CCOc1ccc(/C(O)=C2/C(=O)C(=O)N(Cc3ccccc3OC)C2c2cccnc2)c(OCC)c1. The minimum absolute atomic E-state index is 0.0342. The minimum Gasteiger partial charge on any atom is -0.507 e. The molecule has 1 unspecified atom stereocenters. The van der Waals surface area contributed by atoms with Crippen LogP contribution in [0.3, 0.4) is 0 Å². The zero-order chi connectivity index (χ0) is 25.7. The second-order valence-corrected chi connectivity index (χ2v) is 8.05. The molecular weight excluding hydrogens is 460 g/mol. The lowest BCUT2D eigenvalue weighted by atomic mass is 9.95. The molecule has 36 heavy (non-hydrogen) atoms. The third-order valence-corrected chi connectivity index (χ3v) is 5.89. The first-order chi connectivity index (χ1) is 17.5. The van der Waals surface area contributed by atoms with E-state index in [9.17, 15) is 14.7 Å². The maximum Gasteiger partial charge on any atom is 0.295 e. The summed E-state index contributed by atoms with van der Waals surface area (Å²) in [6, 6.07) is 14.9. The molecule has 4 rings (SSSR count). The van der Waals surface area contributed by atoms with Crippen LogP contribution in [0.2, 0.25) is 0 Å². The normalized spacial score (nSPS) is 16.8. The van der Waals surface area contributed by atoms with E-state index in [4.69, 9.17) is 14.2 Å². The van der Waals surface area contributed by atoms with E-state index in [0.29, 0.717) is 41.6 Å². The standard InChI is InChI=1S/C28H28N2O6/c1-4-35-20-12-13-21(23(15-20)36-5-2)26(31)24-25(18-10-8-14-29-16-18)30(28(33)27(24)32)17-19-9-6-7-11-22(19)34-3/h6-16,25,31H,4-5,17H2,1-3H3/b26-24-. The number of hydrogen-bond acceptors (Lipinski definition) is 7. The van der Waals surface area contributed by atoms with Crippen LogP contribution in [0.1, 0.15) is 36.6 Å². The van der Waals surface area contributed by atoms with E-state index >= 15 is 0 Å². The van der Waals surface area contributed by atoms with E-state index in [1.54, 1.807) is 55.9 Å². The number of para-hydroxylation sites is 1. The predicted molar refractivity (Wildman–Crippen MR) is 134 cm³/mol. The Balaban J connectivity index is 1.87. The van der Waals surface area contributed by atoms with Crippen molar-refractivity contribution in [1.29, 1.82) is 0 Å². The third kappa shape index (κ3) is 4.75. The van der Waals surface area contributed by atoms with Crippen LogP contribution in [-0.4, -0.2) is 47.0 Å². The van der Waals surface area contributed by atoms with Crippen LogP contribution >= 0.6 is 0 Å². The third-order valence-electron chi connectivity index (χ3n) is 5.89. The van der Waals surface area contributed by atoms with Crippen LogP contribution in [-0.2, 0) is 16.1 Å². The maximum atomic E-state index is 13.4. The summed E-state index contributed by atoms with van der Waals surface area (Å²) in [6.07, 6.45) is 3.19. The van der Waals surface area contributed by atoms with Gasteiger partial charge in [-0.3, -0.25) is 14.6 Å². The fourth-order valence-corrected chi connectivity index (χ4v) is 4.32. The van der Waals surface area contributed by atoms with Crippen molar-refractivity contribution in [1.82, 2.24) is 9.88 Å². The van der Waals surface area contributed by atoms with Crippen LogP contribution < -0.4 is 14.2 Å². The number of ether oxygens (including phenoxy) is 3. The second-order valence-electron chi connectivity index (χ2n) is 8.05. The Hall–Kier alpha value is -4.33. The van der Waals surface area contributed by atoms with Gasteiger partial charge in [0.2, 0.25) is 0 Å². The van der Waals surface area contributed by atoms with Crippen molar-refractivity contribution in [3.05, 3.63) is 89.3 Å². The molecule has 1 aromatic heterocycles. The number of likely N-dealkylation sites (tertiary alicyclic amines) is 1. The average Bonchev–Trinajstić information content (AvgIpc) is 3.14. The molecule has 2 aromatic carbocycles. The van der Waals surface area contributed by atoms with Gasteiger partial charge in [0, 0.05) is 24.0 Å². The minimum atomic E-state index is -0.857. The quantitative estimate of drug-likeness (QED) is 0.269. The highest BCUT2D eigenvalue weighted by Crippen LogP contribution is 2.42. The van der Waals surface area contributed by atoms with Gasteiger partial charge in [-0.2, -0.15) is 0 Å². The molecule has 1 aliphatic heterocycles. The van der Waals surface area contributed by atoms with Crippen molar-refractivity contribution in [3.63, 3.8) is 0 Å². The Bertz CT molecular complexity index is 1290. The highest BCUT2D eigenvalue weighted by molar-refractivity contribution is 6.46. The highest BCUT2D eigenvalue weighted by Gasteiger charge is 2.46. The lowest BCUT2D eigenvalue weighted by Crippen LogP contribution is -2.29. The number of pyridine rings is 1. The molecule has 1 amide bonds. The number of carbonyl (C=O) groups excluding carboxylic acids is 2. The van der Waals surface area contributed by atoms with Gasteiger partial charge < -0.3 is 24.2 Å². The molecule has 1 atom stereocenters. The van der Waals surface area contributed by atoms with Gasteiger partial charge >= 0.3 is 0 Å². The monoisotopic (exact) mass is 488 g/mol. The molecule has 1 saturated heterocycles. The van der Waals surface area contributed by atoms with Crippen LogP contribution in [0.25, 0.3) is 5.76 Å². The molecule has 0 spiro atoms. The maximum absolute atomic E-state index is 13.4. The first kappa shape index (κ1) is 24.8. The van der Waals surface area contributed by atoms with Gasteiger partial charge in [-0.25, -0.2) is 0 Å². The summed E-state index contributed by atoms with van der Waals surface area (Å²) in [7, 11) is 1.55. The van der Waals surface area contributed by atoms with E-state index in [1.807, 2.05) is 32.0 Å². The Labute approximate surface area is 209 Å². The van der Waals surface area contributed by atoms with Gasteiger partial charge in [-0.15, -0.1) is 0 Å². The number of ketones is 1. The van der Waals surface area contributed by atoms with Crippen LogP contribution in [0.4, 0.5) is 0 Å². The molecule has 0 aliphatic carbocycles. The summed E-state index contributed by atoms with van der Waals surface area (Å²) in [6.45, 7) is 4.59. The van der Waals surface area contributed by atoms with E-state index in [-0.39, 0.29) is 17.9 Å². The molecule has 186 valence electrons. The number of benzene rings is 2. The van der Waals surface area contributed by atoms with Gasteiger partial charge in [0.25, 0.3) is 11.7 Å². The predicted octanol–water partition coefficient (Wildman–Crippen LogP) is 4.51. The Morgan fingerprint density at radius 3 is 2.47 bits per heavy atom. The highest BCUT2D eigenvalue weighted by atomic mass is 16.5. The average molecular weight is 489 g/mol. The van der Waals surface area contributed by atoms with Gasteiger partial charge in [0.05, 0.1) is 44.0 Å². The number of aliphatic hydroxyl groups is 1. The number of nitrogens with zero attached hydrogens (tertiary/aromatic N) is 2. The number of carbonyl (C=O) groups is 2. The largest absolute Gasteiger partial charge is 0.507 e. The topological polar surface area (TPSA) is 98.2 Å². The Kier molecular flexibility index (Phi) is 7.53. The van der Waals surface area contributed by atoms with Gasteiger partial charge in [-0.05, 0) is 43.7 Å². The summed E-state index contributed by atoms with van der Waals surface area (Å²) in [5.41, 5.74) is 1.58. The summed E-state index contributed by atoms with van der Waals surface area (Å²) in [5, 5.41) is 11.5. The molecule has 0 radical (unpaired) electrons. The zero-order valence-corrected chi connectivity index (χ0v) is 20.4. The summed E-state index contributed by atoms with van der Waals surface area (Å²) in [5.74, 6) is -0.321. The smallest absolute Gasteiger partial charge is 0.295 e. The number of amides is 1. The van der Waals surface area contributed by atoms with E-state index in [0.717, 1.165) is 5.56 Å². The zero-order valence-electron chi connectivity index (χ0n) is 20.4. The molecule has 8 nitrogen and oxygen atoms in total. The van der Waals surface area contributed by atoms with E-state index in [1.165, 1.54) is 4.90 Å². The lowest BCUT2D eigenvalue weighted by molar-refractivity contribution is -0.140. The van der Waals surface area contributed by atoms with Crippen LogP contribution in [0, 0.1) is 0 Å². The first-order valence-corrected chi connectivity index (χ1v) is 11.7. The lowest BCUT2D eigenvalue weighted by Gasteiger charge is -2.26. The number of Topliss-reactive ketones (excluding diaryl/α,β-unsaturated/α-hetero) is 1. The number of methoxy groups -OCH3 is 1. The van der Waals surface area contributed by atoms with Crippen LogP contribution in [0.15, 0.2) is 72.6 Å². The molecule has 0 saturated carbocycles. The number of aliphatic hydroxyl groups excluding tert-OH is 1. The molecular formula is C28H28N2O6. The summed E-state index contributed by atoms with van der Waals surface area (Å²) >= 11 is 0. The van der Waals surface area contributed by atoms with Gasteiger partial charge in [0.15, 0.2) is 0 Å². The fraction of sp³-hybridized carbons (Fsp3) is 0.250. The molecule has 1 N–H and O–H groups in total. The van der Waals surface area contributed by atoms with Crippen LogP contribution in [0.5, 0.6) is 17.2 Å². The fourth-order valence-electron chi connectivity index (χ4n) is 4.32. The van der Waals surface area contributed by atoms with Gasteiger partial charge in [-0.1, -0.05) is 24.3 Å². The summed E-state index contributed by atoms with van der Waals surface area (Å²) < 4.78 is 16.8. The molecule has 2 heterocycles. The van der Waals surface area contributed by atoms with Gasteiger partial charge in [0.1, 0.15) is 23.0 Å². The van der Waals surface area contributed by atoms with Crippen molar-refractivity contribution >= 4 is 17.4 Å². The molecule has 3 aromatic rings. The number of hydrogen-bond donors (Lipinski definition) is 1. The number of rotatable bonds is 9. The summed E-state index contributed by atoms with van der Waals surface area (Å²) in [4.78, 5) is 32.3. The van der Waals surface area contributed by atoms with E-state index < -0.39 is 17.7 Å². The Morgan fingerprint density at radius 2 is 1.78 bits per heavy atom.